The zero-order valence-electron chi connectivity index (χ0n) is 9.53. The highest BCUT2D eigenvalue weighted by molar-refractivity contribution is 6.32. The highest BCUT2D eigenvalue weighted by Gasteiger charge is 2.15. The van der Waals surface area contributed by atoms with Crippen LogP contribution in [0.4, 0.5) is 5.69 Å². The Morgan fingerprint density at radius 3 is 2.62 bits per heavy atom. The number of ether oxygens (including phenoxy) is 1. The topological polar surface area (TPSA) is 55.6 Å². The predicted octanol–water partition coefficient (Wildman–Crippen LogP) is 1.66. The first kappa shape index (κ1) is 12.8. The van der Waals surface area contributed by atoms with Gasteiger partial charge in [-0.15, -0.1) is 0 Å². The van der Waals surface area contributed by atoms with E-state index in [0.29, 0.717) is 16.5 Å². The molecular weight excluding hydrogens is 228 g/mol. The average Bonchev–Trinajstić information content (AvgIpc) is 2.26. The fraction of sp³-hybridized carbons (Fsp3) is 0.364. The minimum atomic E-state index is -0.536. The van der Waals surface area contributed by atoms with Crippen LogP contribution in [-0.2, 0) is 4.79 Å². The van der Waals surface area contributed by atoms with Crippen LogP contribution < -0.4 is 15.4 Å². The van der Waals surface area contributed by atoms with Crippen molar-refractivity contribution in [1.29, 1.82) is 0 Å². The molecule has 0 unspecified atom stereocenters. The Morgan fingerprint density at radius 2 is 2.19 bits per heavy atom. The smallest absolute Gasteiger partial charge is 0.243 e. The third kappa shape index (κ3) is 2.65. The molecule has 1 rings (SSSR count). The number of likely N-dealkylation sites (N-methyl/N-ethyl adjacent to an activating group) is 1. The summed E-state index contributed by atoms with van der Waals surface area (Å²) in [5.74, 6) is 0.410. The Labute approximate surface area is 99.9 Å². The molecule has 2 N–H and O–H groups in total. The molecule has 0 spiro atoms. The van der Waals surface area contributed by atoms with Gasteiger partial charge in [0.1, 0.15) is 5.75 Å². The van der Waals surface area contributed by atoms with E-state index >= 15 is 0 Å². The lowest BCUT2D eigenvalue weighted by Gasteiger charge is -2.20. The maximum Gasteiger partial charge on any atom is 0.243 e. The van der Waals surface area contributed by atoms with Gasteiger partial charge in [-0.3, -0.25) is 4.79 Å². The first-order chi connectivity index (χ1) is 7.47. The first-order valence-electron chi connectivity index (χ1n) is 4.84. The first-order valence-corrected chi connectivity index (χ1v) is 5.22. The van der Waals surface area contributed by atoms with Gasteiger partial charge in [-0.2, -0.15) is 0 Å². The summed E-state index contributed by atoms with van der Waals surface area (Å²) in [5.41, 5.74) is 6.21. The minimum Gasteiger partial charge on any atom is -0.495 e. The fourth-order valence-corrected chi connectivity index (χ4v) is 1.55. The maximum absolute atomic E-state index is 11.6. The highest BCUT2D eigenvalue weighted by Crippen LogP contribution is 2.28. The Hall–Kier alpha value is -1.26. The zero-order valence-corrected chi connectivity index (χ0v) is 10.3. The third-order valence-electron chi connectivity index (χ3n) is 2.24. The molecule has 5 heteroatoms. The number of carbonyl (C=O) groups is 1. The van der Waals surface area contributed by atoms with Gasteiger partial charge in [-0.05, 0) is 25.1 Å². The monoisotopic (exact) mass is 242 g/mol. The number of carbonyl (C=O) groups excluding carboxylic acids is 1. The molecule has 0 heterocycles. The summed E-state index contributed by atoms with van der Waals surface area (Å²) in [6.07, 6.45) is 0. The number of benzene rings is 1. The number of hydrogen-bond donors (Lipinski definition) is 1. The van der Waals surface area contributed by atoms with Crippen LogP contribution in [0.15, 0.2) is 18.2 Å². The van der Waals surface area contributed by atoms with Crippen molar-refractivity contribution >= 4 is 23.2 Å². The van der Waals surface area contributed by atoms with Crippen molar-refractivity contribution < 1.29 is 9.53 Å². The molecule has 88 valence electrons. The molecule has 4 nitrogen and oxygen atoms in total. The molecule has 0 aliphatic rings. The fourth-order valence-electron chi connectivity index (χ4n) is 1.30. The van der Waals surface area contributed by atoms with E-state index in [-0.39, 0.29) is 5.91 Å². The van der Waals surface area contributed by atoms with Gasteiger partial charge >= 0.3 is 0 Å². The number of rotatable bonds is 3. The summed E-state index contributed by atoms with van der Waals surface area (Å²) >= 11 is 5.96. The van der Waals surface area contributed by atoms with E-state index in [2.05, 4.69) is 0 Å². The molecule has 1 aromatic carbocycles. The van der Waals surface area contributed by atoms with E-state index in [4.69, 9.17) is 22.1 Å². The maximum atomic E-state index is 11.6. The molecule has 16 heavy (non-hydrogen) atoms. The molecule has 0 saturated heterocycles. The van der Waals surface area contributed by atoms with E-state index in [0.717, 1.165) is 0 Å². The number of hydrogen-bond acceptors (Lipinski definition) is 3. The second-order valence-corrected chi connectivity index (χ2v) is 3.91. The molecule has 0 aliphatic carbocycles. The second-order valence-electron chi connectivity index (χ2n) is 3.50. The van der Waals surface area contributed by atoms with Crippen LogP contribution in [0, 0.1) is 0 Å². The number of halogens is 1. The minimum absolute atomic E-state index is 0.166. The number of nitrogens with two attached hydrogens (primary N) is 1. The van der Waals surface area contributed by atoms with E-state index in [1.165, 1.54) is 12.0 Å². The molecule has 1 atom stereocenters. The summed E-state index contributed by atoms with van der Waals surface area (Å²) < 4.78 is 5.03. The number of anilines is 1. The summed E-state index contributed by atoms with van der Waals surface area (Å²) in [6.45, 7) is 1.64. The summed E-state index contributed by atoms with van der Waals surface area (Å²) in [4.78, 5) is 13.1. The Bertz CT molecular complexity index is 394. The molecule has 1 aromatic rings. The molecule has 0 aromatic heterocycles. The molecule has 1 amide bonds. The lowest BCUT2D eigenvalue weighted by atomic mass is 10.2. The molecular formula is C11H15ClN2O2. The van der Waals surface area contributed by atoms with Gasteiger partial charge in [0.15, 0.2) is 0 Å². The second kappa shape index (κ2) is 5.18. The molecule has 0 bridgehead atoms. The largest absolute Gasteiger partial charge is 0.495 e. The van der Waals surface area contributed by atoms with Crippen molar-refractivity contribution in [3.63, 3.8) is 0 Å². The van der Waals surface area contributed by atoms with Gasteiger partial charge in [-0.25, -0.2) is 0 Å². The van der Waals surface area contributed by atoms with Crippen LogP contribution in [-0.4, -0.2) is 26.1 Å². The Balaban J connectivity index is 2.97. The molecule has 0 fully saturated rings. The van der Waals surface area contributed by atoms with Crippen molar-refractivity contribution in [2.45, 2.75) is 13.0 Å². The van der Waals surface area contributed by atoms with Crippen molar-refractivity contribution in [2.75, 3.05) is 19.1 Å². The number of methoxy groups -OCH3 is 1. The van der Waals surface area contributed by atoms with Crippen LogP contribution in [0.3, 0.4) is 0 Å². The summed E-state index contributed by atoms with van der Waals surface area (Å²) in [5, 5.41) is 0.462. The normalized spacial score (nSPS) is 12.1. The molecule has 0 aliphatic heterocycles. The third-order valence-corrected chi connectivity index (χ3v) is 2.54. The number of amides is 1. The quantitative estimate of drug-likeness (QED) is 0.877. The molecule has 0 radical (unpaired) electrons. The van der Waals surface area contributed by atoms with Crippen LogP contribution in [0.1, 0.15) is 6.92 Å². The summed E-state index contributed by atoms with van der Waals surface area (Å²) in [6, 6.07) is 4.60. The van der Waals surface area contributed by atoms with Gasteiger partial charge in [0.25, 0.3) is 0 Å². The van der Waals surface area contributed by atoms with Gasteiger partial charge in [0, 0.05) is 12.7 Å². The highest BCUT2D eigenvalue weighted by atomic mass is 35.5. The van der Waals surface area contributed by atoms with Crippen LogP contribution in [0.2, 0.25) is 5.02 Å². The van der Waals surface area contributed by atoms with Crippen LogP contribution >= 0.6 is 11.6 Å². The zero-order chi connectivity index (χ0) is 12.3. The van der Waals surface area contributed by atoms with Crippen molar-refractivity contribution in [1.82, 2.24) is 0 Å². The SMILES string of the molecule is COc1ccc(N(C)C(=O)[C@H](C)N)cc1Cl. The Morgan fingerprint density at radius 1 is 1.56 bits per heavy atom. The van der Waals surface area contributed by atoms with E-state index in [1.807, 2.05) is 0 Å². The van der Waals surface area contributed by atoms with Gasteiger partial charge in [0.05, 0.1) is 18.2 Å². The number of nitrogens with zero attached hydrogens (tertiary/aromatic N) is 1. The van der Waals surface area contributed by atoms with Crippen LogP contribution in [0.5, 0.6) is 5.75 Å². The lowest BCUT2D eigenvalue weighted by molar-refractivity contribution is -0.119. The van der Waals surface area contributed by atoms with Crippen molar-refractivity contribution in [2.24, 2.45) is 5.73 Å². The van der Waals surface area contributed by atoms with Crippen LogP contribution in [0.25, 0.3) is 0 Å². The predicted molar refractivity (Wildman–Crippen MR) is 65.1 cm³/mol. The standard InChI is InChI=1S/C11H15ClN2O2/c1-7(13)11(15)14(2)8-4-5-10(16-3)9(12)6-8/h4-7H,13H2,1-3H3/t7-/m0/s1. The molecule has 0 saturated carbocycles. The van der Waals surface area contributed by atoms with E-state index in [1.54, 1.807) is 32.2 Å². The van der Waals surface area contributed by atoms with Crippen molar-refractivity contribution in [3.8, 4) is 5.75 Å². The van der Waals surface area contributed by atoms with Gasteiger partial charge < -0.3 is 15.4 Å². The van der Waals surface area contributed by atoms with E-state index in [9.17, 15) is 4.79 Å². The van der Waals surface area contributed by atoms with Crippen molar-refractivity contribution in [3.05, 3.63) is 23.2 Å². The van der Waals surface area contributed by atoms with E-state index < -0.39 is 6.04 Å². The Kier molecular flexibility index (Phi) is 4.15. The lowest BCUT2D eigenvalue weighted by Crippen LogP contribution is -2.39. The average molecular weight is 243 g/mol. The van der Waals surface area contributed by atoms with Gasteiger partial charge in [-0.1, -0.05) is 11.6 Å². The summed E-state index contributed by atoms with van der Waals surface area (Å²) in [7, 11) is 3.20. The van der Waals surface area contributed by atoms with Gasteiger partial charge in [0.2, 0.25) is 5.91 Å².